The molecule has 2 aromatic carbocycles. The van der Waals surface area contributed by atoms with E-state index in [1.54, 1.807) is 31.1 Å². The number of nitrogens with one attached hydrogen (secondary N) is 1. The summed E-state index contributed by atoms with van der Waals surface area (Å²) in [4.78, 5) is 23.7. The highest BCUT2D eigenvalue weighted by Gasteiger charge is 2.31. The lowest BCUT2D eigenvalue weighted by molar-refractivity contribution is -0.149. The van der Waals surface area contributed by atoms with Gasteiger partial charge in [0.1, 0.15) is 17.2 Å². The molecule has 1 unspecified atom stereocenters. The Kier molecular flexibility index (Phi) is 10.5. The van der Waals surface area contributed by atoms with Crippen LogP contribution in [0.15, 0.2) is 40.8 Å². The Morgan fingerprint density at radius 2 is 1.88 bits per heavy atom. The van der Waals surface area contributed by atoms with Crippen LogP contribution in [-0.4, -0.2) is 62.8 Å². The van der Waals surface area contributed by atoms with Gasteiger partial charge in [0.15, 0.2) is 6.10 Å². The lowest BCUT2D eigenvalue weighted by Crippen LogP contribution is -2.21. The third-order valence-electron chi connectivity index (χ3n) is 6.99. The summed E-state index contributed by atoms with van der Waals surface area (Å²) in [6.45, 7) is 3.82. The Hall–Kier alpha value is -3.08. The number of carbonyl (C=O) groups excluding carboxylic acids is 1. The van der Waals surface area contributed by atoms with Crippen LogP contribution >= 0.6 is 11.9 Å². The molecule has 1 aliphatic carbocycles. The van der Waals surface area contributed by atoms with E-state index in [1.807, 2.05) is 12.3 Å². The molecule has 1 amide bonds. The summed E-state index contributed by atoms with van der Waals surface area (Å²) in [6.07, 6.45) is 6.03. The van der Waals surface area contributed by atoms with Crippen molar-refractivity contribution in [1.82, 2.24) is 5.32 Å². The van der Waals surface area contributed by atoms with E-state index < -0.39 is 12.1 Å². The van der Waals surface area contributed by atoms with Crippen molar-refractivity contribution in [2.75, 3.05) is 44.0 Å². The van der Waals surface area contributed by atoms with E-state index in [0.29, 0.717) is 54.8 Å². The molecule has 8 nitrogen and oxygen atoms in total. The summed E-state index contributed by atoms with van der Waals surface area (Å²) in [5, 5.41) is 12.3. The van der Waals surface area contributed by atoms with E-state index in [1.165, 1.54) is 24.6 Å². The van der Waals surface area contributed by atoms with E-state index in [9.17, 15) is 14.0 Å². The number of unbranched alkanes of at least 4 members (excludes halogenated alkanes) is 2. The summed E-state index contributed by atoms with van der Waals surface area (Å²) in [5.41, 5.74) is 3.95. The molecule has 1 aromatic heterocycles. The van der Waals surface area contributed by atoms with Gasteiger partial charge in [-0.3, -0.25) is 4.79 Å². The van der Waals surface area contributed by atoms with Crippen molar-refractivity contribution < 1.29 is 33.0 Å². The number of carboxylic acid groups (broad SMARTS) is 1. The van der Waals surface area contributed by atoms with Crippen LogP contribution in [0.1, 0.15) is 60.9 Å². The fraction of sp³-hybridized carbons (Fsp3) is 0.467. The van der Waals surface area contributed by atoms with Gasteiger partial charge < -0.3 is 28.6 Å². The maximum absolute atomic E-state index is 13.6. The van der Waals surface area contributed by atoms with E-state index in [0.717, 1.165) is 43.2 Å². The number of hydrogen-bond acceptors (Lipinski definition) is 7. The number of furan rings is 1. The first kappa shape index (κ1) is 29.9. The van der Waals surface area contributed by atoms with E-state index in [2.05, 4.69) is 15.7 Å². The van der Waals surface area contributed by atoms with Gasteiger partial charge in [-0.15, -0.1) is 0 Å². The SMILES string of the molecule is CNC(=O)c1c(-c2ccc(F)cc2)oc2cc(N(CCOCCCCCOC(C)C(=O)O)SC)c(C3CC3)cc12. The molecule has 0 aliphatic heterocycles. The number of anilines is 1. The number of hydrogen-bond donors (Lipinski definition) is 2. The lowest BCUT2D eigenvalue weighted by atomic mass is 10.0. The Morgan fingerprint density at radius 3 is 2.52 bits per heavy atom. The van der Waals surface area contributed by atoms with Crippen LogP contribution in [0, 0.1) is 5.82 Å². The fourth-order valence-corrected chi connectivity index (χ4v) is 5.23. The fourth-order valence-electron chi connectivity index (χ4n) is 4.62. The highest BCUT2D eigenvalue weighted by Crippen LogP contribution is 2.48. The molecule has 1 aliphatic rings. The van der Waals surface area contributed by atoms with Gasteiger partial charge in [0.05, 0.1) is 24.4 Å². The average Bonchev–Trinajstić information content (AvgIpc) is 3.73. The normalized spacial score (nSPS) is 13.9. The van der Waals surface area contributed by atoms with Gasteiger partial charge in [-0.2, -0.15) is 0 Å². The highest BCUT2D eigenvalue weighted by atomic mass is 32.2. The minimum Gasteiger partial charge on any atom is -0.479 e. The number of halogens is 1. The summed E-state index contributed by atoms with van der Waals surface area (Å²) in [5.74, 6) is -0.682. The monoisotopic (exact) mass is 572 g/mol. The molecule has 10 heteroatoms. The summed E-state index contributed by atoms with van der Waals surface area (Å²) in [7, 11) is 1.59. The van der Waals surface area contributed by atoms with Gasteiger partial charge in [0.2, 0.25) is 0 Å². The van der Waals surface area contributed by atoms with Crippen LogP contribution in [0.5, 0.6) is 0 Å². The second-order valence-corrected chi connectivity index (χ2v) is 10.7. The van der Waals surface area contributed by atoms with Gasteiger partial charge in [-0.05, 0) is 80.8 Å². The van der Waals surface area contributed by atoms with Gasteiger partial charge in [0, 0.05) is 43.5 Å². The smallest absolute Gasteiger partial charge is 0.332 e. The average molecular weight is 573 g/mol. The number of rotatable bonds is 16. The molecule has 216 valence electrons. The van der Waals surface area contributed by atoms with Crippen molar-refractivity contribution in [3.05, 3.63) is 53.3 Å². The zero-order chi connectivity index (χ0) is 28.6. The van der Waals surface area contributed by atoms with Crippen LogP contribution in [0.2, 0.25) is 0 Å². The second-order valence-electron chi connectivity index (χ2n) is 9.88. The lowest BCUT2D eigenvalue weighted by Gasteiger charge is -2.24. The Labute approximate surface area is 238 Å². The predicted molar refractivity (Wildman–Crippen MR) is 156 cm³/mol. The molecule has 2 N–H and O–H groups in total. The number of amides is 1. The first-order chi connectivity index (χ1) is 19.3. The van der Waals surface area contributed by atoms with Crippen LogP contribution in [0.25, 0.3) is 22.3 Å². The maximum Gasteiger partial charge on any atom is 0.332 e. The van der Waals surface area contributed by atoms with Gasteiger partial charge >= 0.3 is 5.97 Å². The van der Waals surface area contributed by atoms with Gasteiger partial charge in [0.25, 0.3) is 5.91 Å². The molecular formula is C30H37FN2O6S. The van der Waals surface area contributed by atoms with Crippen molar-refractivity contribution in [2.24, 2.45) is 0 Å². The topological polar surface area (TPSA) is 101 Å². The highest BCUT2D eigenvalue weighted by molar-refractivity contribution is 7.99. The first-order valence-corrected chi connectivity index (χ1v) is 14.8. The van der Waals surface area contributed by atoms with Crippen LogP contribution in [-0.2, 0) is 14.3 Å². The second kappa shape index (κ2) is 14.0. The minimum absolute atomic E-state index is 0.245. The minimum atomic E-state index is -0.946. The molecule has 40 heavy (non-hydrogen) atoms. The Morgan fingerprint density at radius 1 is 1.15 bits per heavy atom. The van der Waals surface area contributed by atoms with Crippen molar-refractivity contribution in [1.29, 1.82) is 0 Å². The molecule has 0 spiro atoms. The third kappa shape index (κ3) is 7.35. The molecule has 4 rings (SSSR count). The Balaban J connectivity index is 1.45. The maximum atomic E-state index is 13.6. The van der Waals surface area contributed by atoms with Crippen LogP contribution in [0.4, 0.5) is 10.1 Å². The molecule has 0 bridgehead atoms. The molecule has 0 radical (unpaired) electrons. The summed E-state index contributed by atoms with van der Waals surface area (Å²) < 4.78 is 33.2. The molecule has 3 aromatic rings. The first-order valence-electron chi connectivity index (χ1n) is 13.7. The predicted octanol–water partition coefficient (Wildman–Crippen LogP) is 6.24. The standard InChI is InChI=1S/C30H37FN2O6S/c1-19(30(35)36)38-15-6-4-5-14-37-16-13-33(40-3)25-18-26-24(17-23(25)20-7-8-20)27(29(34)32-2)28(39-26)21-9-11-22(31)12-10-21/h9-12,17-20H,4-8,13-16H2,1-3H3,(H,32,34)(H,35,36). The number of nitrogens with zero attached hydrogens (tertiary/aromatic N) is 1. The molecule has 1 heterocycles. The number of fused-ring (bicyclic) bond motifs is 1. The van der Waals surface area contributed by atoms with E-state index >= 15 is 0 Å². The largest absolute Gasteiger partial charge is 0.479 e. The number of ether oxygens (including phenoxy) is 2. The summed E-state index contributed by atoms with van der Waals surface area (Å²) in [6, 6.07) is 10.1. The van der Waals surface area contributed by atoms with E-state index in [-0.39, 0.29) is 11.7 Å². The van der Waals surface area contributed by atoms with E-state index in [4.69, 9.17) is 19.0 Å². The molecular weight excluding hydrogens is 535 g/mol. The number of carboxylic acids is 1. The van der Waals surface area contributed by atoms with Crippen molar-refractivity contribution in [2.45, 2.75) is 51.0 Å². The van der Waals surface area contributed by atoms with Crippen LogP contribution in [0.3, 0.4) is 0 Å². The molecule has 0 saturated heterocycles. The molecule has 1 saturated carbocycles. The number of carbonyl (C=O) groups is 2. The Bertz CT molecular complexity index is 1310. The van der Waals surface area contributed by atoms with Gasteiger partial charge in [-0.1, -0.05) is 11.9 Å². The third-order valence-corrected chi connectivity index (χ3v) is 7.81. The zero-order valence-corrected chi connectivity index (χ0v) is 24.0. The number of aliphatic carboxylic acids is 1. The summed E-state index contributed by atoms with van der Waals surface area (Å²) >= 11 is 1.62. The molecule has 1 atom stereocenters. The zero-order valence-electron chi connectivity index (χ0n) is 23.2. The molecule has 1 fully saturated rings. The van der Waals surface area contributed by atoms with Gasteiger partial charge in [-0.25, -0.2) is 9.18 Å². The van der Waals surface area contributed by atoms with Crippen molar-refractivity contribution >= 4 is 40.5 Å². The van der Waals surface area contributed by atoms with Crippen molar-refractivity contribution in [3.63, 3.8) is 0 Å². The van der Waals surface area contributed by atoms with Crippen molar-refractivity contribution in [3.8, 4) is 11.3 Å². The number of benzene rings is 2. The quantitative estimate of drug-likeness (QED) is 0.154. The van der Waals surface area contributed by atoms with Crippen LogP contribution < -0.4 is 9.62 Å².